The van der Waals surface area contributed by atoms with Crippen LogP contribution in [0.1, 0.15) is 38.5 Å². The molecule has 0 unspecified atom stereocenters. The minimum Gasteiger partial charge on any atom is -0.338 e. The molecule has 0 aliphatic carbocycles. The Labute approximate surface area is 82.3 Å². The van der Waals surface area contributed by atoms with Gasteiger partial charge in [-0.25, -0.2) is 0 Å². The molecule has 0 aliphatic rings. The summed E-state index contributed by atoms with van der Waals surface area (Å²) in [4.78, 5) is 4.23. The summed E-state index contributed by atoms with van der Waals surface area (Å²) in [5, 5.41) is 3.89. The number of rotatable bonds is 3. The van der Waals surface area contributed by atoms with Gasteiger partial charge in [0, 0.05) is 0 Å². The first-order valence-electron chi connectivity index (χ1n) is 4.12. The smallest absolute Gasteiger partial charge is 0.243 e. The Morgan fingerprint density at radius 3 is 2.54 bits per heavy atom. The zero-order valence-electron chi connectivity index (χ0n) is 8.37. The zero-order valence-corrected chi connectivity index (χ0v) is 9.18. The average Bonchev–Trinajstić information content (AvgIpc) is 2.52. The number of thioether (sulfide) groups is 1. The van der Waals surface area contributed by atoms with Crippen molar-refractivity contribution in [1.29, 1.82) is 0 Å². The molecule has 0 aromatic carbocycles. The molecule has 0 fully saturated rings. The Balaban J connectivity index is 2.91. The van der Waals surface area contributed by atoms with Crippen molar-refractivity contribution >= 4 is 11.8 Å². The van der Waals surface area contributed by atoms with Crippen molar-refractivity contribution in [3.05, 3.63) is 11.7 Å². The summed E-state index contributed by atoms with van der Waals surface area (Å²) in [5.74, 6) is 1.20. The quantitative estimate of drug-likeness (QED) is 0.806. The number of aromatic nitrogens is 2. The van der Waals surface area contributed by atoms with Crippen molar-refractivity contribution in [2.75, 3.05) is 6.26 Å². The zero-order chi connectivity index (χ0) is 10.1. The van der Waals surface area contributed by atoms with Crippen LogP contribution in [0, 0.1) is 0 Å². The van der Waals surface area contributed by atoms with Crippen molar-refractivity contribution in [2.45, 2.75) is 31.6 Å². The van der Waals surface area contributed by atoms with E-state index < -0.39 is 0 Å². The first-order valence-corrected chi connectivity index (χ1v) is 5.34. The van der Waals surface area contributed by atoms with Crippen molar-refractivity contribution in [3.63, 3.8) is 0 Å². The highest BCUT2D eigenvalue weighted by molar-refractivity contribution is 7.99. The van der Waals surface area contributed by atoms with Gasteiger partial charge in [0.25, 0.3) is 0 Å². The molecule has 0 amide bonds. The third-order valence-corrected chi connectivity index (χ3v) is 3.08. The fourth-order valence-corrected chi connectivity index (χ4v) is 1.02. The standard InChI is InChI=1S/C8H15N3OS/c1-5(9)6-10-7(11-12-6)8(2,3)13-4/h5H,9H2,1-4H3/t5-/m1/s1. The molecule has 0 bridgehead atoms. The van der Waals surface area contributed by atoms with Crippen molar-refractivity contribution in [2.24, 2.45) is 5.73 Å². The van der Waals surface area contributed by atoms with Gasteiger partial charge in [0.2, 0.25) is 5.89 Å². The molecule has 0 radical (unpaired) electrons. The SMILES string of the molecule is CSC(C)(C)c1noc([C@@H](C)N)n1. The highest BCUT2D eigenvalue weighted by Crippen LogP contribution is 2.31. The maximum atomic E-state index is 5.61. The lowest BCUT2D eigenvalue weighted by molar-refractivity contribution is 0.354. The molecule has 0 saturated heterocycles. The van der Waals surface area contributed by atoms with Crippen molar-refractivity contribution in [1.82, 2.24) is 10.1 Å². The van der Waals surface area contributed by atoms with Crippen LogP contribution in [0.5, 0.6) is 0 Å². The molecule has 2 N–H and O–H groups in total. The molecule has 1 heterocycles. The van der Waals surface area contributed by atoms with Gasteiger partial charge in [0.1, 0.15) is 0 Å². The fraction of sp³-hybridized carbons (Fsp3) is 0.750. The van der Waals surface area contributed by atoms with E-state index in [1.54, 1.807) is 11.8 Å². The largest absolute Gasteiger partial charge is 0.338 e. The fourth-order valence-electron chi connectivity index (χ4n) is 0.756. The lowest BCUT2D eigenvalue weighted by Gasteiger charge is -2.15. The topological polar surface area (TPSA) is 64.9 Å². The number of nitrogens with two attached hydrogens (primary N) is 1. The van der Waals surface area contributed by atoms with Gasteiger partial charge in [-0.2, -0.15) is 16.7 Å². The van der Waals surface area contributed by atoms with Crippen LogP contribution in [-0.4, -0.2) is 16.4 Å². The van der Waals surface area contributed by atoms with Crippen molar-refractivity contribution < 1.29 is 4.52 Å². The molecule has 0 saturated carbocycles. The summed E-state index contributed by atoms with van der Waals surface area (Å²) in [5.41, 5.74) is 5.61. The van der Waals surface area contributed by atoms with Gasteiger partial charge in [-0.3, -0.25) is 0 Å². The molecule has 0 aliphatic heterocycles. The molecule has 1 atom stereocenters. The molecule has 74 valence electrons. The van der Waals surface area contributed by atoms with Crippen LogP contribution in [0.15, 0.2) is 4.52 Å². The Morgan fingerprint density at radius 1 is 1.54 bits per heavy atom. The average molecular weight is 201 g/mol. The van der Waals surface area contributed by atoms with Gasteiger partial charge in [-0.1, -0.05) is 5.16 Å². The molecule has 5 heteroatoms. The number of hydrogen-bond donors (Lipinski definition) is 1. The second-order valence-corrected chi connectivity index (χ2v) is 4.89. The second kappa shape index (κ2) is 3.67. The monoisotopic (exact) mass is 201 g/mol. The summed E-state index contributed by atoms with van der Waals surface area (Å²) in [6.07, 6.45) is 2.02. The van der Waals surface area contributed by atoms with E-state index in [9.17, 15) is 0 Å². The first-order chi connectivity index (χ1) is 5.97. The lowest BCUT2D eigenvalue weighted by Crippen LogP contribution is -2.14. The lowest BCUT2D eigenvalue weighted by atomic mass is 10.2. The first kappa shape index (κ1) is 10.5. The van der Waals surface area contributed by atoms with Crippen LogP contribution in [0.25, 0.3) is 0 Å². The van der Waals surface area contributed by atoms with Gasteiger partial charge in [0.05, 0.1) is 10.8 Å². The van der Waals surface area contributed by atoms with Crippen LogP contribution in [0.4, 0.5) is 0 Å². The molecular formula is C8H15N3OS. The second-order valence-electron chi connectivity index (χ2n) is 3.46. The molecule has 4 nitrogen and oxygen atoms in total. The van der Waals surface area contributed by atoms with Crippen LogP contribution >= 0.6 is 11.8 Å². The van der Waals surface area contributed by atoms with E-state index >= 15 is 0 Å². The number of hydrogen-bond acceptors (Lipinski definition) is 5. The van der Waals surface area contributed by atoms with E-state index in [-0.39, 0.29) is 10.8 Å². The summed E-state index contributed by atoms with van der Waals surface area (Å²) in [6, 6.07) is -0.195. The third kappa shape index (κ3) is 2.22. The van der Waals surface area contributed by atoms with Gasteiger partial charge < -0.3 is 10.3 Å². The molecular weight excluding hydrogens is 186 g/mol. The molecule has 1 rings (SSSR count). The van der Waals surface area contributed by atoms with Crippen LogP contribution < -0.4 is 5.73 Å². The van der Waals surface area contributed by atoms with E-state index in [0.717, 1.165) is 0 Å². The number of nitrogens with zero attached hydrogens (tertiary/aromatic N) is 2. The summed E-state index contributed by atoms with van der Waals surface area (Å²) < 4.78 is 4.90. The van der Waals surface area contributed by atoms with Gasteiger partial charge in [-0.15, -0.1) is 0 Å². The maximum absolute atomic E-state index is 5.61. The van der Waals surface area contributed by atoms with E-state index in [1.807, 2.05) is 27.0 Å². The maximum Gasteiger partial charge on any atom is 0.243 e. The molecule has 13 heavy (non-hydrogen) atoms. The van der Waals surface area contributed by atoms with Crippen LogP contribution in [-0.2, 0) is 4.75 Å². The van der Waals surface area contributed by atoms with E-state index in [4.69, 9.17) is 10.3 Å². The predicted octanol–water partition coefficient (Wildman–Crippen LogP) is 1.69. The van der Waals surface area contributed by atoms with Crippen LogP contribution in [0.3, 0.4) is 0 Å². The summed E-state index contributed by atoms with van der Waals surface area (Å²) in [6.45, 7) is 5.92. The van der Waals surface area contributed by atoms with Gasteiger partial charge in [-0.05, 0) is 27.0 Å². The van der Waals surface area contributed by atoms with E-state index in [1.165, 1.54) is 0 Å². The Bertz CT molecular complexity index is 283. The molecule has 0 spiro atoms. The third-order valence-electron chi connectivity index (χ3n) is 1.88. The van der Waals surface area contributed by atoms with Crippen molar-refractivity contribution in [3.8, 4) is 0 Å². The van der Waals surface area contributed by atoms with Gasteiger partial charge in [0.15, 0.2) is 5.82 Å². The highest BCUT2D eigenvalue weighted by Gasteiger charge is 2.26. The van der Waals surface area contributed by atoms with Gasteiger partial charge >= 0.3 is 0 Å². The predicted molar refractivity (Wildman–Crippen MR) is 53.4 cm³/mol. The summed E-state index contributed by atoms with van der Waals surface area (Å²) >= 11 is 1.68. The minimum absolute atomic E-state index is 0.114. The Hall–Kier alpha value is -0.550. The highest BCUT2D eigenvalue weighted by atomic mass is 32.2. The molecule has 1 aromatic rings. The van der Waals surface area contributed by atoms with E-state index in [0.29, 0.717) is 11.7 Å². The Kier molecular flexibility index (Phi) is 2.98. The summed E-state index contributed by atoms with van der Waals surface area (Å²) in [7, 11) is 0. The minimum atomic E-state index is -0.195. The van der Waals surface area contributed by atoms with E-state index in [2.05, 4.69) is 10.1 Å². The van der Waals surface area contributed by atoms with Crippen LogP contribution in [0.2, 0.25) is 0 Å². The Morgan fingerprint density at radius 2 is 2.15 bits per heavy atom. The normalized spacial score (nSPS) is 14.5. The molecule has 1 aromatic heterocycles.